The molecule has 1 N–H and O–H groups in total. The number of rotatable bonds is 4. The third kappa shape index (κ3) is 2.71. The number of anilines is 1. The first kappa shape index (κ1) is 13.8. The molecule has 1 aromatic heterocycles. The number of hydrogen-bond acceptors (Lipinski definition) is 2. The number of nitrogens with one attached hydrogen (secondary N) is 1. The maximum absolute atomic E-state index is 13.5. The van der Waals surface area contributed by atoms with Crippen molar-refractivity contribution in [2.45, 2.75) is 26.9 Å². The van der Waals surface area contributed by atoms with Crippen molar-refractivity contribution < 1.29 is 8.78 Å². The molecule has 3 nitrogen and oxygen atoms in total. The average Bonchev–Trinajstić information content (AvgIpc) is 2.65. The van der Waals surface area contributed by atoms with Crippen LogP contribution in [0.4, 0.5) is 14.5 Å². The van der Waals surface area contributed by atoms with E-state index in [1.165, 1.54) is 18.2 Å². The van der Waals surface area contributed by atoms with Crippen LogP contribution in [0.2, 0.25) is 5.02 Å². The summed E-state index contributed by atoms with van der Waals surface area (Å²) in [5.41, 5.74) is 1.26. The van der Waals surface area contributed by atoms with Crippen molar-refractivity contribution in [2.24, 2.45) is 0 Å². The zero-order chi connectivity index (χ0) is 14.0. The van der Waals surface area contributed by atoms with E-state index < -0.39 is 11.6 Å². The van der Waals surface area contributed by atoms with Crippen LogP contribution in [0.1, 0.15) is 18.3 Å². The van der Waals surface area contributed by atoms with Crippen molar-refractivity contribution in [2.75, 3.05) is 5.32 Å². The van der Waals surface area contributed by atoms with E-state index in [1.807, 2.05) is 6.92 Å². The Morgan fingerprint density at radius 3 is 2.53 bits per heavy atom. The first-order valence-electron chi connectivity index (χ1n) is 5.94. The zero-order valence-electron chi connectivity index (χ0n) is 10.7. The van der Waals surface area contributed by atoms with Gasteiger partial charge in [-0.05, 0) is 26.0 Å². The topological polar surface area (TPSA) is 29.9 Å². The summed E-state index contributed by atoms with van der Waals surface area (Å²) >= 11 is 6.13. The predicted octanol–water partition coefficient (Wildman–Crippen LogP) is 3.76. The molecule has 0 fully saturated rings. The van der Waals surface area contributed by atoms with E-state index in [0.717, 1.165) is 0 Å². The third-order valence-electron chi connectivity index (χ3n) is 2.85. The Balaban J connectivity index is 2.24. The molecule has 0 bridgehead atoms. The van der Waals surface area contributed by atoms with Gasteiger partial charge in [0.15, 0.2) is 0 Å². The SMILES string of the molecule is CCn1nc(C)c(Cl)c1CNc1c(F)cccc1F. The molecule has 102 valence electrons. The Bertz CT molecular complexity index is 576. The highest BCUT2D eigenvalue weighted by Gasteiger charge is 2.14. The fourth-order valence-electron chi connectivity index (χ4n) is 1.88. The van der Waals surface area contributed by atoms with Crippen LogP contribution in [0.3, 0.4) is 0 Å². The molecule has 1 aromatic carbocycles. The summed E-state index contributed by atoms with van der Waals surface area (Å²) in [6.45, 7) is 4.58. The van der Waals surface area contributed by atoms with E-state index in [4.69, 9.17) is 11.6 Å². The standard InChI is InChI=1S/C13H14ClF2N3/c1-3-19-11(12(14)8(2)18-19)7-17-13-9(15)5-4-6-10(13)16/h4-6,17H,3,7H2,1-2H3. The number of aromatic nitrogens is 2. The minimum atomic E-state index is -0.629. The van der Waals surface area contributed by atoms with Crippen molar-refractivity contribution in [1.29, 1.82) is 0 Å². The molecule has 0 saturated carbocycles. The summed E-state index contributed by atoms with van der Waals surface area (Å²) < 4.78 is 28.7. The van der Waals surface area contributed by atoms with Crippen molar-refractivity contribution in [3.63, 3.8) is 0 Å². The van der Waals surface area contributed by atoms with Crippen LogP contribution >= 0.6 is 11.6 Å². The highest BCUT2D eigenvalue weighted by Crippen LogP contribution is 2.23. The second kappa shape index (κ2) is 5.57. The summed E-state index contributed by atoms with van der Waals surface area (Å²) in [7, 11) is 0. The van der Waals surface area contributed by atoms with E-state index in [2.05, 4.69) is 10.4 Å². The molecule has 0 radical (unpaired) electrons. The number of para-hydroxylation sites is 1. The van der Waals surface area contributed by atoms with Gasteiger partial charge in [0.25, 0.3) is 0 Å². The zero-order valence-corrected chi connectivity index (χ0v) is 11.4. The van der Waals surface area contributed by atoms with Gasteiger partial charge in [0.1, 0.15) is 17.3 Å². The van der Waals surface area contributed by atoms with E-state index in [1.54, 1.807) is 11.6 Å². The maximum Gasteiger partial charge on any atom is 0.149 e. The lowest BCUT2D eigenvalue weighted by Crippen LogP contribution is -2.10. The van der Waals surface area contributed by atoms with Crippen LogP contribution in [0, 0.1) is 18.6 Å². The van der Waals surface area contributed by atoms with Crippen LogP contribution in [0.25, 0.3) is 0 Å². The Hall–Kier alpha value is -1.62. The normalized spacial score (nSPS) is 10.8. The minimum Gasteiger partial charge on any atom is -0.375 e. The van der Waals surface area contributed by atoms with E-state index in [0.29, 0.717) is 23.0 Å². The first-order valence-corrected chi connectivity index (χ1v) is 6.32. The van der Waals surface area contributed by atoms with Gasteiger partial charge in [0.05, 0.1) is 23.0 Å². The largest absolute Gasteiger partial charge is 0.375 e. The first-order chi connectivity index (χ1) is 9.04. The van der Waals surface area contributed by atoms with Crippen LogP contribution in [-0.2, 0) is 13.1 Å². The molecular formula is C13H14ClF2N3. The predicted molar refractivity (Wildman–Crippen MR) is 71.3 cm³/mol. The second-order valence-corrected chi connectivity index (χ2v) is 4.49. The van der Waals surface area contributed by atoms with Crippen LogP contribution in [-0.4, -0.2) is 9.78 Å². The van der Waals surface area contributed by atoms with Crippen LogP contribution in [0.15, 0.2) is 18.2 Å². The maximum atomic E-state index is 13.5. The Morgan fingerprint density at radius 1 is 1.32 bits per heavy atom. The van der Waals surface area contributed by atoms with Gasteiger partial charge in [-0.15, -0.1) is 0 Å². The number of benzene rings is 1. The van der Waals surface area contributed by atoms with Gasteiger partial charge in [0.2, 0.25) is 0 Å². The van der Waals surface area contributed by atoms with Crippen molar-refractivity contribution >= 4 is 17.3 Å². The molecule has 1 heterocycles. The average molecular weight is 286 g/mol. The van der Waals surface area contributed by atoms with Crippen molar-refractivity contribution in [3.8, 4) is 0 Å². The third-order valence-corrected chi connectivity index (χ3v) is 3.34. The molecule has 2 aromatic rings. The van der Waals surface area contributed by atoms with Crippen molar-refractivity contribution in [3.05, 3.63) is 46.2 Å². The Labute approximate surface area is 115 Å². The second-order valence-electron chi connectivity index (χ2n) is 4.11. The van der Waals surface area contributed by atoms with Gasteiger partial charge in [-0.2, -0.15) is 5.10 Å². The van der Waals surface area contributed by atoms with E-state index in [9.17, 15) is 8.78 Å². The summed E-state index contributed by atoms with van der Waals surface area (Å²) in [5, 5.41) is 7.49. The number of hydrogen-bond donors (Lipinski definition) is 1. The minimum absolute atomic E-state index is 0.153. The highest BCUT2D eigenvalue weighted by molar-refractivity contribution is 6.31. The lowest BCUT2D eigenvalue weighted by Gasteiger charge is -2.10. The molecule has 2 rings (SSSR count). The molecule has 0 atom stereocenters. The summed E-state index contributed by atoms with van der Waals surface area (Å²) in [6, 6.07) is 3.73. The number of nitrogens with zero attached hydrogens (tertiary/aromatic N) is 2. The van der Waals surface area contributed by atoms with Crippen LogP contribution < -0.4 is 5.32 Å². The lowest BCUT2D eigenvalue weighted by molar-refractivity contribution is 0.584. The van der Waals surface area contributed by atoms with Crippen molar-refractivity contribution in [1.82, 2.24) is 9.78 Å². The van der Waals surface area contributed by atoms with Gasteiger partial charge in [0, 0.05) is 6.54 Å². The molecule has 19 heavy (non-hydrogen) atoms. The molecular weight excluding hydrogens is 272 g/mol. The lowest BCUT2D eigenvalue weighted by atomic mass is 10.2. The monoisotopic (exact) mass is 285 g/mol. The van der Waals surface area contributed by atoms with Crippen LogP contribution in [0.5, 0.6) is 0 Å². The summed E-state index contributed by atoms with van der Waals surface area (Å²) in [5.74, 6) is -1.26. The molecule has 0 spiro atoms. The molecule has 0 aliphatic rings. The number of halogens is 3. The molecule has 6 heteroatoms. The quantitative estimate of drug-likeness (QED) is 0.927. The molecule has 0 unspecified atom stereocenters. The smallest absolute Gasteiger partial charge is 0.149 e. The Morgan fingerprint density at radius 2 is 1.95 bits per heavy atom. The summed E-state index contributed by atoms with van der Waals surface area (Å²) in [6.07, 6.45) is 0. The highest BCUT2D eigenvalue weighted by atomic mass is 35.5. The van der Waals surface area contributed by atoms with Gasteiger partial charge < -0.3 is 5.32 Å². The number of aryl methyl sites for hydroxylation is 2. The summed E-state index contributed by atoms with van der Waals surface area (Å²) in [4.78, 5) is 0. The molecule has 0 aliphatic carbocycles. The Kier molecular flexibility index (Phi) is 4.04. The van der Waals surface area contributed by atoms with Gasteiger partial charge in [-0.3, -0.25) is 4.68 Å². The molecule has 0 amide bonds. The fourth-order valence-corrected chi connectivity index (χ4v) is 2.08. The molecule has 0 aliphatic heterocycles. The van der Waals surface area contributed by atoms with Gasteiger partial charge in [-0.1, -0.05) is 17.7 Å². The van der Waals surface area contributed by atoms with E-state index in [-0.39, 0.29) is 12.2 Å². The van der Waals surface area contributed by atoms with Gasteiger partial charge in [-0.25, -0.2) is 8.78 Å². The van der Waals surface area contributed by atoms with Gasteiger partial charge >= 0.3 is 0 Å². The fraction of sp³-hybridized carbons (Fsp3) is 0.308. The van der Waals surface area contributed by atoms with E-state index >= 15 is 0 Å². The molecule has 0 saturated heterocycles.